The Hall–Kier alpha value is -2.73. The van der Waals surface area contributed by atoms with Crippen LogP contribution < -0.4 is 5.73 Å². The average Bonchev–Trinajstić information content (AvgIpc) is 2.55. The van der Waals surface area contributed by atoms with E-state index in [2.05, 4.69) is 9.97 Å². The van der Waals surface area contributed by atoms with E-state index in [1.54, 1.807) is 42.9 Å². The summed E-state index contributed by atoms with van der Waals surface area (Å²) in [6, 6.07) is 12.4. The number of nitrogen functional groups attached to an aromatic ring is 1. The van der Waals surface area contributed by atoms with Gasteiger partial charge in [0.25, 0.3) is 0 Å². The molecular formula is C17H15N3O2S. The van der Waals surface area contributed by atoms with E-state index in [4.69, 9.17) is 5.73 Å². The first-order valence-corrected chi connectivity index (χ1v) is 8.81. The van der Waals surface area contributed by atoms with Crippen LogP contribution in [-0.4, -0.2) is 24.6 Å². The van der Waals surface area contributed by atoms with Crippen LogP contribution in [-0.2, 0) is 9.84 Å². The number of hydrogen-bond acceptors (Lipinski definition) is 5. The van der Waals surface area contributed by atoms with Gasteiger partial charge in [0.2, 0.25) is 0 Å². The molecule has 2 N–H and O–H groups in total. The lowest BCUT2D eigenvalue weighted by atomic mass is 10.0. The fourth-order valence-electron chi connectivity index (χ4n) is 2.28. The fourth-order valence-corrected chi connectivity index (χ4v) is 2.91. The van der Waals surface area contributed by atoms with Crippen molar-refractivity contribution in [1.82, 2.24) is 9.97 Å². The molecule has 0 saturated heterocycles. The van der Waals surface area contributed by atoms with Gasteiger partial charge in [0, 0.05) is 41.5 Å². The lowest BCUT2D eigenvalue weighted by molar-refractivity contribution is 0.602. The first-order valence-electron chi connectivity index (χ1n) is 6.91. The van der Waals surface area contributed by atoms with Crippen LogP contribution >= 0.6 is 0 Å². The van der Waals surface area contributed by atoms with Gasteiger partial charge in [-0.2, -0.15) is 0 Å². The zero-order valence-corrected chi connectivity index (χ0v) is 13.3. The highest BCUT2D eigenvalue weighted by Gasteiger charge is 2.09. The summed E-state index contributed by atoms with van der Waals surface area (Å²) in [5.74, 6) is 0.425. The second kappa shape index (κ2) is 5.81. The van der Waals surface area contributed by atoms with Crippen LogP contribution in [0.4, 0.5) is 5.82 Å². The van der Waals surface area contributed by atoms with Gasteiger partial charge in [-0.15, -0.1) is 0 Å². The lowest BCUT2D eigenvalue weighted by Gasteiger charge is -2.08. The van der Waals surface area contributed by atoms with Crippen LogP contribution in [0.1, 0.15) is 0 Å². The molecule has 0 aliphatic carbocycles. The maximum absolute atomic E-state index is 11.5. The molecule has 3 rings (SSSR count). The molecule has 23 heavy (non-hydrogen) atoms. The number of anilines is 1. The van der Waals surface area contributed by atoms with Crippen LogP contribution in [0.15, 0.2) is 66.0 Å². The molecule has 0 saturated carbocycles. The monoisotopic (exact) mass is 325 g/mol. The highest BCUT2D eigenvalue weighted by atomic mass is 32.2. The summed E-state index contributed by atoms with van der Waals surface area (Å²) in [6.07, 6.45) is 6.28. The molecule has 3 aromatic rings. The lowest BCUT2D eigenvalue weighted by Crippen LogP contribution is -1.97. The fraction of sp³-hybridized carbons (Fsp3) is 0.0588. The van der Waals surface area contributed by atoms with Gasteiger partial charge < -0.3 is 5.73 Å². The highest BCUT2D eigenvalue weighted by molar-refractivity contribution is 7.90. The number of benzene rings is 1. The van der Waals surface area contributed by atoms with E-state index in [1.165, 1.54) is 6.26 Å². The molecule has 1 aromatic carbocycles. The number of sulfone groups is 1. The minimum atomic E-state index is -3.20. The third-order valence-electron chi connectivity index (χ3n) is 3.51. The molecule has 0 unspecified atom stereocenters. The van der Waals surface area contributed by atoms with Gasteiger partial charge in [-0.3, -0.25) is 4.98 Å². The smallest absolute Gasteiger partial charge is 0.175 e. The predicted molar refractivity (Wildman–Crippen MR) is 90.4 cm³/mol. The van der Waals surface area contributed by atoms with Gasteiger partial charge >= 0.3 is 0 Å². The van der Waals surface area contributed by atoms with Crippen LogP contribution in [0.5, 0.6) is 0 Å². The zero-order valence-electron chi connectivity index (χ0n) is 12.5. The van der Waals surface area contributed by atoms with E-state index in [9.17, 15) is 8.42 Å². The second-order valence-electron chi connectivity index (χ2n) is 5.20. The van der Waals surface area contributed by atoms with E-state index in [0.717, 1.165) is 22.3 Å². The molecule has 0 atom stereocenters. The first-order chi connectivity index (χ1) is 10.9. The molecule has 0 spiro atoms. The van der Waals surface area contributed by atoms with E-state index in [0.29, 0.717) is 5.82 Å². The molecule has 0 aliphatic heterocycles. The average molecular weight is 325 g/mol. The van der Waals surface area contributed by atoms with E-state index in [-0.39, 0.29) is 4.90 Å². The summed E-state index contributed by atoms with van der Waals surface area (Å²) in [4.78, 5) is 8.62. The SMILES string of the molecule is CS(=O)(=O)c1ccc(-c2cnc(N)c(-c3cccnc3)c2)cc1. The molecule has 0 fully saturated rings. The van der Waals surface area contributed by atoms with E-state index >= 15 is 0 Å². The number of nitrogens with zero attached hydrogens (tertiary/aromatic N) is 2. The highest BCUT2D eigenvalue weighted by Crippen LogP contribution is 2.29. The Morgan fingerprint density at radius 3 is 2.30 bits per heavy atom. The Morgan fingerprint density at radius 1 is 0.957 bits per heavy atom. The quantitative estimate of drug-likeness (QED) is 0.800. The van der Waals surface area contributed by atoms with Gasteiger partial charge in [0.15, 0.2) is 9.84 Å². The topological polar surface area (TPSA) is 85.9 Å². The van der Waals surface area contributed by atoms with Crippen molar-refractivity contribution in [2.75, 3.05) is 12.0 Å². The summed E-state index contributed by atoms with van der Waals surface area (Å²) >= 11 is 0. The van der Waals surface area contributed by atoms with Crippen molar-refractivity contribution >= 4 is 15.7 Å². The molecule has 116 valence electrons. The van der Waals surface area contributed by atoms with E-state index < -0.39 is 9.84 Å². The third kappa shape index (κ3) is 3.22. The van der Waals surface area contributed by atoms with Gasteiger partial charge in [0.1, 0.15) is 5.82 Å². The second-order valence-corrected chi connectivity index (χ2v) is 7.21. The molecule has 5 nitrogen and oxygen atoms in total. The molecule has 0 radical (unpaired) electrons. The Balaban J connectivity index is 2.05. The summed E-state index contributed by atoms with van der Waals surface area (Å²) in [5.41, 5.74) is 9.37. The van der Waals surface area contributed by atoms with Gasteiger partial charge in [-0.25, -0.2) is 13.4 Å². The van der Waals surface area contributed by atoms with Gasteiger partial charge in [0.05, 0.1) is 4.90 Å². The molecule has 0 amide bonds. The zero-order chi connectivity index (χ0) is 16.4. The standard InChI is InChI=1S/C17H15N3O2S/c1-23(21,22)15-6-4-12(5-7-15)14-9-16(17(18)20-11-14)13-3-2-8-19-10-13/h2-11H,1H3,(H2,18,20). The number of hydrogen-bond donors (Lipinski definition) is 1. The molecule has 2 aromatic heterocycles. The van der Waals surface area contributed by atoms with E-state index in [1.807, 2.05) is 18.2 Å². The van der Waals surface area contributed by atoms with Crippen molar-refractivity contribution in [2.45, 2.75) is 4.90 Å². The summed E-state index contributed by atoms with van der Waals surface area (Å²) in [5, 5.41) is 0. The molecule has 6 heteroatoms. The number of pyridine rings is 2. The number of aromatic nitrogens is 2. The molecular weight excluding hydrogens is 310 g/mol. The van der Waals surface area contributed by atoms with Crippen molar-refractivity contribution in [1.29, 1.82) is 0 Å². The molecule has 2 heterocycles. The molecule has 0 aliphatic rings. The van der Waals surface area contributed by atoms with Crippen molar-refractivity contribution < 1.29 is 8.42 Å². The largest absolute Gasteiger partial charge is 0.383 e. The third-order valence-corrected chi connectivity index (χ3v) is 4.64. The summed E-state index contributed by atoms with van der Waals surface area (Å²) < 4.78 is 23.1. The number of rotatable bonds is 3. The van der Waals surface area contributed by atoms with Crippen LogP contribution in [0, 0.1) is 0 Å². The minimum absolute atomic E-state index is 0.289. The predicted octanol–water partition coefficient (Wildman–Crippen LogP) is 2.80. The molecule has 0 bridgehead atoms. The van der Waals surface area contributed by atoms with Gasteiger partial charge in [-0.1, -0.05) is 18.2 Å². The van der Waals surface area contributed by atoms with Gasteiger partial charge in [-0.05, 0) is 29.8 Å². The Morgan fingerprint density at radius 2 is 1.70 bits per heavy atom. The van der Waals surface area contributed by atoms with Crippen LogP contribution in [0.2, 0.25) is 0 Å². The Labute approximate surface area is 134 Å². The van der Waals surface area contributed by atoms with Crippen molar-refractivity contribution in [3.05, 3.63) is 61.1 Å². The van der Waals surface area contributed by atoms with Crippen LogP contribution in [0.25, 0.3) is 22.3 Å². The summed E-state index contributed by atoms with van der Waals surface area (Å²) in [7, 11) is -3.20. The Bertz CT molecular complexity index is 937. The summed E-state index contributed by atoms with van der Waals surface area (Å²) in [6.45, 7) is 0. The normalized spacial score (nSPS) is 11.3. The Kier molecular flexibility index (Phi) is 3.83. The maximum atomic E-state index is 11.5. The van der Waals surface area contributed by atoms with Crippen molar-refractivity contribution in [3.63, 3.8) is 0 Å². The number of nitrogens with two attached hydrogens (primary N) is 1. The van der Waals surface area contributed by atoms with Crippen LogP contribution in [0.3, 0.4) is 0 Å². The minimum Gasteiger partial charge on any atom is -0.383 e. The maximum Gasteiger partial charge on any atom is 0.175 e. The van der Waals surface area contributed by atoms with Crippen molar-refractivity contribution in [3.8, 4) is 22.3 Å². The van der Waals surface area contributed by atoms with Crippen molar-refractivity contribution in [2.24, 2.45) is 0 Å². The first kappa shape index (κ1) is 15.2.